The van der Waals surface area contributed by atoms with Crippen LogP contribution in [0.15, 0.2) is 60.7 Å². The molecule has 49 heavy (non-hydrogen) atoms. The van der Waals surface area contributed by atoms with Crippen molar-refractivity contribution in [2.45, 2.75) is 139 Å². The van der Waals surface area contributed by atoms with Crippen LogP contribution in [0, 0.1) is 0 Å². The molecule has 6 atom stereocenters. The number of piperidine rings is 2. The number of quaternary nitrogens is 2. The first-order valence-corrected chi connectivity index (χ1v) is 18.4. The Labute approximate surface area is 304 Å². The molecule has 0 aromatic heterocycles. The van der Waals surface area contributed by atoms with Gasteiger partial charge in [-0.05, 0) is 38.8 Å². The predicted octanol–water partition coefficient (Wildman–Crippen LogP) is 6.29. The fourth-order valence-electron chi connectivity index (χ4n) is 9.64. The topological polar surface area (TPSA) is 93.1 Å². The summed E-state index contributed by atoms with van der Waals surface area (Å²) >= 11 is 0. The molecule has 2 aromatic carbocycles. The lowest BCUT2D eigenvalue weighted by molar-refractivity contribution is -0.968. The van der Waals surface area contributed by atoms with Gasteiger partial charge < -0.3 is 28.7 Å². The van der Waals surface area contributed by atoms with Gasteiger partial charge in [0.1, 0.15) is 24.0 Å². The highest BCUT2D eigenvalue weighted by atomic mass is 79.9. The third-order valence-electron chi connectivity index (χ3n) is 13.1. The summed E-state index contributed by atoms with van der Waals surface area (Å²) in [5, 5.41) is 19.3. The van der Waals surface area contributed by atoms with Crippen molar-refractivity contribution in [1.29, 1.82) is 0 Å². The van der Waals surface area contributed by atoms with Crippen molar-refractivity contribution in [2.24, 2.45) is 0 Å². The number of nitrogens with zero attached hydrogens (tertiary/aromatic N) is 2. The number of ether oxygens (including phenoxy) is 2. The van der Waals surface area contributed by atoms with Gasteiger partial charge in [0.25, 0.3) is 0 Å². The summed E-state index contributed by atoms with van der Waals surface area (Å²) in [5.41, 5.74) is 1.65. The number of halogens is 1. The number of fused-ring (bicyclic) bond motifs is 4. The molecular weight excluding hydrogens is 684 g/mol. The van der Waals surface area contributed by atoms with Crippen molar-refractivity contribution in [3.05, 3.63) is 71.8 Å². The van der Waals surface area contributed by atoms with E-state index in [1.165, 1.54) is 25.7 Å². The molecule has 0 amide bonds. The van der Waals surface area contributed by atoms with E-state index in [9.17, 15) is 19.8 Å². The Balaban J connectivity index is 0.000000216. The van der Waals surface area contributed by atoms with Crippen LogP contribution in [-0.2, 0) is 19.1 Å². The molecule has 4 saturated heterocycles. The smallest absolute Gasteiger partial charge is 0.316 e. The monoisotopic (exact) mass is 744 g/mol. The van der Waals surface area contributed by atoms with Crippen LogP contribution in [0.3, 0.4) is 0 Å². The van der Waals surface area contributed by atoms with Crippen molar-refractivity contribution in [3.63, 3.8) is 0 Å². The molecule has 8 nitrogen and oxygen atoms in total. The molecule has 0 radical (unpaired) electrons. The molecular formula is C40H61BrN2O6+2. The van der Waals surface area contributed by atoms with Crippen molar-refractivity contribution >= 4 is 28.9 Å². The summed E-state index contributed by atoms with van der Waals surface area (Å²) in [7, 11) is 4.73. The van der Waals surface area contributed by atoms with Gasteiger partial charge in [-0.3, -0.25) is 9.59 Å². The van der Waals surface area contributed by atoms with Crippen LogP contribution in [0.2, 0.25) is 0 Å². The largest absolute Gasteiger partial charge is 0.461 e. The lowest BCUT2D eigenvalue weighted by Crippen LogP contribution is -2.62. The van der Waals surface area contributed by atoms with E-state index in [0.717, 1.165) is 45.8 Å². The average molecular weight is 746 g/mol. The standard InChI is InChI=1S/2C20H30NO3.BrH/c2*1-14(2)21(3)16-9-10-17(21)12-18(11-16)24-20(23)19(13-22)15-7-5-4-6-8-15;/h2*4-8,14,16-19,22H,9-13H2,1-3H3;1H/q2*+1;. The Morgan fingerprint density at radius 1 is 0.612 bits per heavy atom. The van der Waals surface area contributed by atoms with E-state index in [-0.39, 0.29) is 54.3 Å². The van der Waals surface area contributed by atoms with Crippen LogP contribution in [0.4, 0.5) is 0 Å². The van der Waals surface area contributed by atoms with Crippen molar-refractivity contribution < 1.29 is 38.2 Å². The molecule has 2 N–H and O–H groups in total. The number of hydrogen-bond donors (Lipinski definition) is 2. The van der Waals surface area contributed by atoms with Crippen LogP contribution in [0.5, 0.6) is 0 Å². The van der Waals surface area contributed by atoms with Gasteiger partial charge in [0, 0.05) is 51.4 Å². The first kappa shape index (κ1) is 39.5. The van der Waals surface area contributed by atoms with Gasteiger partial charge in [-0.2, -0.15) is 0 Å². The van der Waals surface area contributed by atoms with E-state index in [0.29, 0.717) is 36.3 Å². The van der Waals surface area contributed by atoms with Gasteiger partial charge in [0.2, 0.25) is 0 Å². The van der Waals surface area contributed by atoms with Gasteiger partial charge in [0.15, 0.2) is 0 Å². The van der Waals surface area contributed by atoms with E-state index < -0.39 is 11.8 Å². The average Bonchev–Trinajstić information content (AvgIpc) is 3.33. The second kappa shape index (κ2) is 16.8. The molecule has 0 saturated carbocycles. The van der Waals surface area contributed by atoms with E-state index in [1.807, 2.05) is 60.7 Å². The fraction of sp³-hybridized carbons (Fsp3) is 0.650. The van der Waals surface area contributed by atoms with Crippen molar-refractivity contribution in [2.75, 3.05) is 27.3 Å². The highest BCUT2D eigenvalue weighted by Gasteiger charge is 2.55. The number of carbonyl (C=O) groups is 2. The number of aliphatic hydroxyl groups is 2. The minimum atomic E-state index is -0.572. The Kier molecular flexibility index (Phi) is 13.5. The minimum absolute atomic E-state index is 0. The van der Waals surface area contributed by atoms with Crippen molar-refractivity contribution in [1.82, 2.24) is 0 Å². The zero-order valence-electron chi connectivity index (χ0n) is 30.4. The minimum Gasteiger partial charge on any atom is -0.461 e. The maximum Gasteiger partial charge on any atom is 0.316 e. The molecule has 6 rings (SSSR count). The SMILES string of the molecule is Br.CC(C)[N+]1(C)C2CCC1CC(OC(=O)C(CO)c1ccccc1)C2.CC(C)[N+]1(C)C2CCC1CC(OC(=O)C(CO)c1ccccc1)C2. The lowest BCUT2D eigenvalue weighted by atomic mass is 9.94. The first-order chi connectivity index (χ1) is 22.9. The Morgan fingerprint density at radius 3 is 1.14 bits per heavy atom. The summed E-state index contributed by atoms with van der Waals surface area (Å²) < 4.78 is 13.9. The molecule has 4 bridgehead atoms. The summed E-state index contributed by atoms with van der Waals surface area (Å²) in [6.07, 6.45) is 8.72. The van der Waals surface area contributed by atoms with Crippen LogP contribution in [-0.4, -0.2) is 107 Å². The quantitative estimate of drug-likeness (QED) is 0.220. The Bertz CT molecular complexity index is 1230. The summed E-state index contributed by atoms with van der Waals surface area (Å²) in [6.45, 7) is 8.79. The Morgan fingerprint density at radius 2 is 0.898 bits per heavy atom. The van der Waals surface area contributed by atoms with E-state index in [2.05, 4.69) is 41.8 Å². The number of aliphatic hydroxyl groups excluding tert-OH is 2. The molecule has 4 aliphatic heterocycles. The molecule has 2 aromatic rings. The molecule has 0 spiro atoms. The van der Waals surface area contributed by atoms with Gasteiger partial charge in [0.05, 0.1) is 63.6 Å². The fourth-order valence-corrected chi connectivity index (χ4v) is 9.64. The maximum absolute atomic E-state index is 12.6. The summed E-state index contributed by atoms with van der Waals surface area (Å²) in [6, 6.07) is 22.4. The number of benzene rings is 2. The van der Waals surface area contributed by atoms with Gasteiger partial charge in [-0.25, -0.2) is 0 Å². The van der Waals surface area contributed by atoms with E-state index in [4.69, 9.17) is 9.47 Å². The van der Waals surface area contributed by atoms with Gasteiger partial charge in [-0.15, -0.1) is 17.0 Å². The molecule has 9 heteroatoms. The molecule has 0 aliphatic carbocycles. The number of esters is 2. The number of carbonyl (C=O) groups excluding carboxylic acids is 2. The van der Waals surface area contributed by atoms with Crippen LogP contribution in [0.1, 0.15) is 102 Å². The number of hydrogen-bond acceptors (Lipinski definition) is 6. The van der Waals surface area contributed by atoms with Gasteiger partial charge >= 0.3 is 11.9 Å². The lowest BCUT2D eigenvalue weighted by Gasteiger charge is -2.49. The normalized spacial score (nSPS) is 32.8. The molecule has 6 unspecified atom stereocenters. The summed E-state index contributed by atoms with van der Waals surface area (Å²) in [5.74, 6) is -1.71. The second-order valence-corrected chi connectivity index (χ2v) is 15.8. The van der Waals surface area contributed by atoms with E-state index >= 15 is 0 Å². The van der Waals surface area contributed by atoms with Crippen molar-refractivity contribution in [3.8, 4) is 0 Å². The Hall–Kier alpha value is -2.30. The molecule has 272 valence electrons. The molecule has 4 fully saturated rings. The highest BCUT2D eigenvalue weighted by Crippen LogP contribution is 2.45. The first-order valence-electron chi connectivity index (χ1n) is 18.4. The number of rotatable bonds is 10. The third-order valence-corrected chi connectivity index (χ3v) is 13.1. The second-order valence-electron chi connectivity index (χ2n) is 15.8. The van der Waals surface area contributed by atoms with Crippen LogP contribution < -0.4 is 0 Å². The third kappa shape index (κ3) is 8.12. The summed E-state index contributed by atoms with van der Waals surface area (Å²) in [4.78, 5) is 25.2. The van der Waals surface area contributed by atoms with Crippen LogP contribution >= 0.6 is 17.0 Å². The predicted molar refractivity (Wildman–Crippen MR) is 197 cm³/mol. The zero-order valence-corrected chi connectivity index (χ0v) is 32.2. The highest BCUT2D eigenvalue weighted by molar-refractivity contribution is 8.93. The van der Waals surface area contributed by atoms with Gasteiger partial charge in [-0.1, -0.05) is 60.7 Å². The van der Waals surface area contributed by atoms with E-state index in [1.54, 1.807) is 0 Å². The zero-order chi connectivity index (χ0) is 34.6. The van der Waals surface area contributed by atoms with Crippen LogP contribution in [0.25, 0.3) is 0 Å². The molecule has 4 heterocycles. The molecule has 4 aliphatic rings. The maximum atomic E-state index is 12.6.